The summed E-state index contributed by atoms with van der Waals surface area (Å²) in [7, 11) is 0. The second-order valence-corrected chi connectivity index (χ2v) is 4.72. The molecule has 3 amide bonds. The Hall–Kier alpha value is -2.37. The molecule has 1 saturated heterocycles. The predicted octanol–water partition coefficient (Wildman–Crippen LogP) is -0.0484. The summed E-state index contributed by atoms with van der Waals surface area (Å²) in [5.74, 6) is -2.07. The molecule has 1 fully saturated rings. The van der Waals surface area contributed by atoms with Crippen LogP contribution in [0, 0.1) is 0 Å². The summed E-state index contributed by atoms with van der Waals surface area (Å²) in [5.41, 5.74) is 5.95. The molecule has 3 N–H and O–H groups in total. The summed E-state index contributed by atoms with van der Waals surface area (Å²) >= 11 is 0. The Morgan fingerprint density at radius 1 is 1.25 bits per heavy atom. The molecule has 0 aliphatic carbocycles. The maximum Gasteiger partial charge on any atom is 0.312 e. The molecule has 0 bridgehead atoms. The smallest absolute Gasteiger partial charge is 0.312 e. The van der Waals surface area contributed by atoms with Gasteiger partial charge in [0.15, 0.2) is 0 Å². The first-order valence-electron chi connectivity index (χ1n) is 6.51. The van der Waals surface area contributed by atoms with E-state index in [1.54, 1.807) is 4.90 Å². The summed E-state index contributed by atoms with van der Waals surface area (Å²) in [6.45, 7) is 0.219. The summed E-state index contributed by atoms with van der Waals surface area (Å²) in [6.07, 6.45) is 1.69. The van der Waals surface area contributed by atoms with Gasteiger partial charge in [-0.05, 0) is 18.4 Å². The van der Waals surface area contributed by atoms with E-state index in [0.717, 1.165) is 18.4 Å². The molecule has 1 aromatic carbocycles. The highest BCUT2D eigenvalue weighted by molar-refractivity contribution is 6.35. The van der Waals surface area contributed by atoms with E-state index in [-0.39, 0.29) is 12.6 Å². The average molecular weight is 275 g/mol. The zero-order chi connectivity index (χ0) is 14.5. The third kappa shape index (κ3) is 3.14. The molecule has 1 aromatic rings. The normalized spacial score (nSPS) is 17.8. The first kappa shape index (κ1) is 14.0. The molecule has 2 rings (SSSR count). The van der Waals surface area contributed by atoms with Crippen LogP contribution >= 0.6 is 0 Å². The molecule has 0 spiro atoms. The maximum atomic E-state index is 12.1. The van der Waals surface area contributed by atoms with Crippen molar-refractivity contribution in [3.05, 3.63) is 35.9 Å². The highest BCUT2D eigenvalue weighted by Gasteiger charge is 2.33. The number of hydrogen-bond donors (Lipinski definition) is 2. The standard InChI is InChI=1S/C14H17N3O3/c15-12(18)9-16-13(19)14(20)17-8-4-7-11(17)10-5-2-1-3-6-10/h1-3,5-6,11H,4,7-9H2,(H2,15,18)(H,16,19). The average Bonchev–Trinajstić information content (AvgIpc) is 2.94. The molecule has 1 atom stereocenters. The van der Waals surface area contributed by atoms with Crippen molar-refractivity contribution in [3.8, 4) is 0 Å². The zero-order valence-corrected chi connectivity index (χ0v) is 11.0. The Balaban J connectivity index is 2.05. The molecule has 6 heteroatoms. The van der Waals surface area contributed by atoms with Crippen LogP contribution in [0.3, 0.4) is 0 Å². The van der Waals surface area contributed by atoms with Crippen LogP contribution in [0.2, 0.25) is 0 Å². The van der Waals surface area contributed by atoms with Crippen molar-refractivity contribution < 1.29 is 14.4 Å². The van der Waals surface area contributed by atoms with Crippen molar-refractivity contribution in [1.29, 1.82) is 0 Å². The van der Waals surface area contributed by atoms with Gasteiger partial charge in [0.1, 0.15) is 0 Å². The van der Waals surface area contributed by atoms with Crippen LogP contribution in [0.4, 0.5) is 0 Å². The second kappa shape index (κ2) is 6.18. The molecule has 1 aliphatic heterocycles. The summed E-state index contributed by atoms with van der Waals surface area (Å²) < 4.78 is 0. The number of likely N-dealkylation sites (tertiary alicyclic amines) is 1. The van der Waals surface area contributed by atoms with E-state index in [2.05, 4.69) is 5.32 Å². The fourth-order valence-electron chi connectivity index (χ4n) is 2.40. The van der Waals surface area contributed by atoms with Crippen molar-refractivity contribution in [2.75, 3.05) is 13.1 Å². The van der Waals surface area contributed by atoms with Gasteiger partial charge < -0.3 is 16.0 Å². The van der Waals surface area contributed by atoms with E-state index in [9.17, 15) is 14.4 Å². The van der Waals surface area contributed by atoms with Gasteiger partial charge in [0.25, 0.3) is 0 Å². The molecule has 1 aliphatic rings. The number of amides is 3. The van der Waals surface area contributed by atoms with Gasteiger partial charge in [-0.1, -0.05) is 30.3 Å². The second-order valence-electron chi connectivity index (χ2n) is 4.72. The van der Waals surface area contributed by atoms with Gasteiger partial charge in [0, 0.05) is 6.54 Å². The van der Waals surface area contributed by atoms with Crippen LogP contribution in [-0.4, -0.2) is 35.7 Å². The topological polar surface area (TPSA) is 92.5 Å². The number of benzene rings is 1. The van der Waals surface area contributed by atoms with Crippen LogP contribution in [0.25, 0.3) is 0 Å². The van der Waals surface area contributed by atoms with E-state index >= 15 is 0 Å². The molecular weight excluding hydrogens is 258 g/mol. The molecule has 106 valence electrons. The van der Waals surface area contributed by atoms with E-state index in [0.29, 0.717) is 6.54 Å². The first-order chi connectivity index (χ1) is 9.59. The zero-order valence-electron chi connectivity index (χ0n) is 11.0. The fourth-order valence-corrected chi connectivity index (χ4v) is 2.40. The van der Waals surface area contributed by atoms with Gasteiger partial charge in [0.2, 0.25) is 5.91 Å². The molecular formula is C14H17N3O3. The Kier molecular flexibility index (Phi) is 4.34. The highest BCUT2D eigenvalue weighted by Crippen LogP contribution is 2.31. The molecule has 20 heavy (non-hydrogen) atoms. The first-order valence-corrected chi connectivity index (χ1v) is 6.51. The lowest BCUT2D eigenvalue weighted by Gasteiger charge is -2.24. The van der Waals surface area contributed by atoms with Crippen LogP contribution in [0.1, 0.15) is 24.4 Å². The van der Waals surface area contributed by atoms with Crippen LogP contribution in [-0.2, 0) is 14.4 Å². The fraction of sp³-hybridized carbons (Fsp3) is 0.357. The Morgan fingerprint density at radius 2 is 1.95 bits per heavy atom. The van der Waals surface area contributed by atoms with Gasteiger partial charge in [-0.3, -0.25) is 14.4 Å². The summed E-state index contributed by atoms with van der Waals surface area (Å²) in [5, 5.41) is 2.23. The van der Waals surface area contributed by atoms with Crippen molar-refractivity contribution >= 4 is 17.7 Å². The lowest BCUT2D eigenvalue weighted by atomic mass is 10.0. The van der Waals surface area contributed by atoms with E-state index in [4.69, 9.17) is 5.73 Å². The Labute approximate surface area is 116 Å². The largest absolute Gasteiger partial charge is 0.368 e. The number of nitrogens with two attached hydrogens (primary N) is 1. The predicted molar refractivity (Wildman–Crippen MR) is 72.3 cm³/mol. The molecule has 1 heterocycles. The molecule has 0 aromatic heterocycles. The Bertz CT molecular complexity index is 516. The molecule has 0 radical (unpaired) electrons. The monoisotopic (exact) mass is 275 g/mol. The summed E-state index contributed by atoms with van der Waals surface area (Å²) in [6, 6.07) is 9.52. The minimum atomic E-state index is -0.786. The van der Waals surface area contributed by atoms with E-state index in [1.165, 1.54) is 0 Å². The van der Waals surface area contributed by atoms with Crippen molar-refractivity contribution in [2.45, 2.75) is 18.9 Å². The number of carbonyl (C=O) groups is 3. The molecule has 6 nitrogen and oxygen atoms in total. The highest BCUT2D eigenvalue weighted by atomic mass is 16.2. The number of primary amides is 1. The minimum absolute atomic E-state index is 0.0805. The summed E-state index contributed by atoms with van der Waals surface area (Å²) in [4.78, 5) is 36.0. The van der Waals surface area contributed by atoms with Gasteiger partial charge in [-0.15, -0.1) is 0 Å². The van der Waals surface area contributed by atoms with Crippen LogP contribution < -0.4 is 11.1 Å². The number of nitrogens with one attached hydrogen (secondary N) is 1. The third-order valence-electron chi connectivity index (χ3n) is 3.32. The van der Waals surface area contributed by atoms with Gasteiger partial charge in [0.05, 0.1) is 12.6 Å². The number of rotatable bonds is 3. The van der Waals surface area contributed by atoms with E-state index in [1.807, 2.05) is 30.3 Å². The lowest BCUT2D eigenvalue weighted by molar-refractivity contribution is -0.146. The minimum Gasteiger partial charge on any atom is -0.368 e. The van der Waals surface area contributed by atoms with Crippen molar-refractivity contribution in [1.82, 2.24) is 10.2 Å². The lowest BCUT2D eigenvalue weighted by Crippen LogP contribution is -2.45. The molecule has 0 saturated carbocycles. The van der Waals surface area contributed by atoms with Crippen LogP contribution in [0.5, 0.6) is 0 Å². The maximum absolute atomic E-state index is 12.1. The number of nitrogens with zero attached hydrogens (tertiary/aromatic N) is 1. The molecule has 1 unspecified atom stereocenters. The Morgan fingerprint density at radius 3 is 2.60 bits per heavy atom. The number of carbonyl (C=O) groups excluding carboxylic acids is 3. The van der Waals surface area contributed by atoms with Crippen LogP contribution in [0.15, 0.2) is 30.3 Å². The van der Waals surface area contributed by atoms with Gasteiger partial charge in [-0.25, -0.2) is 0 Å². The SMILES string of the molecule is NC(=O)CNC(=O)C(=O)N1CCCC1c1ccccc1. The third-order valence-corrected chi connectivity index (χ3v) is 3.32. The quantitative estimate of drug-likeness (QED) is 0.758. The van der Waals surface area contributed by atoms with Gasteiger partial charge >= 0.3 is 11.8 Å². The van der Waals surface area contributed by atoms with Crippen molar-refractivity contribution in [3.63, 3.8) is 0 Å². The van der Waals surface area contributed by atoms with E-state index < -0.39 is 17.7 Å². The van der Waals surface area contributed by atoms with Gasteiger partial charge in [-0.2, -0.15) is 0 Å². The van der Waals surface area contributed by atoms with Crippen molar-refractivity contribution in [2.24, 2.45) is 5.73 Å². The number of hydrogen-bond acceptors (Lipinski definition) is 3.